The molecule has 2 aromatic carbocycles. The first-order valence-corrected chi connectivity index (χ1v) is 6.30. The number of aromatic amines is 1. The number of nitrogens with zero attached hydrogens (tertiary/aromatic N) is 1. The zero-order valence-corrected chi connectivity index (χ0v) is 10.2. The lowest BCUT2D eigenvalue weighted by Gasteiger charge is -2.05. The molecule has 4 rings (SSSR count). The number of imidazole rings is 1. The standard InChI is InChI=1S/C15H12FN3/c16-11-5-3-7-13-14(11)19-15(18-13)10-8-17-12-6-2-1-4-9(10)12/h1-7,10,17H,8H2,(H,18,19). The third kappa shape index (κ3) is 1.53. The Balaban J connectivity index is 1.86. The summed E-state index contributed by atoms with van der Waals surface area (Å²) in [5, 5.41) is 3.35. The van der Waals surface area contributed by atoms with Crippen LogP contribution in [0.5, 0.6) is 0 Å². The normalized spacial score (nSPS) is 17.4. The van der Waals surface area contributed by atoms with E-state index in [-0.39, 0.29) is 11.7 Å². The average molecular weight is 253 g/mol. The van der Waals surface area contributed by atoms with Crippen LogP contribution in [0.1, 0.15) is 17.3 Å². The highest BCUT2D eigenvalue weighted by molar-refractivity contribution is 5.76. The van der Waals surface area contributed by atoms with Gasteiger partial charge in [-0.1, -0.05) is 24.3 Å². The van der Waals surface area contributed by atoms with Gasteiger partial charge in [-0.15, -0.1) is 0 Å². The van der Waals surface area contributed by atoms with Crippen molar-refractivity contribution in [1.29, 1.82) is 0 Å². The molecule has 0 amide bonds. The van der Waals surface area contributed by atoms with Gasteiger partial charge >= 0.3 is 0 Å². The fourth-order valence-electron chi connectivity index (χ4n) is 2.71. The van der Waals surface area contributed by atoms with Crippen molar-refractivity contribution in [2.24, 2.45) is 0 Å². The third-order valence-corrected chi connectivity index (χ3v) is 3.64. The van der Waals surface area contributed by atoms with E-state index in [0.29, 0.717) is 5.52 Å². The van der Waals surface area contributed by atoms with E-state index >= 15 is 0 Å². The zero-order chi connectivity index (χ0) is 12.8. The van der Waals surface area contributed by atoms with Crippen LogP contribution in [-0.2, 0) is 0 Å². The number of aromatic nitrogens is 2. The van der Waals surface area contributed by atoms with Gasteiger partial charge in [0.05, 0.1) is 11.4 Å². The molecule has 1 aliphatic rings. The molecule has 0 bridgehead atoms. The number of nitrogens with one attached hydrogen (secondary N) is 2. The highest BCUT2D eigenvalue weighted by atomic mass is 19.1. The van der Waals surface area contributed by atoms with Crippen LogP contribution >= 0.6 is 0 Å². The van der Waals surface area contributed by atoms with Crippen molar-refractivity contribution >= 4 is 16.7 Å². The van der Waals surface area contributed by atoms with Crippen LogP contribution in [-0.4, -0.2) is 16.5 Å². The monoisotopic (exact) mass is 253 g/mol. The van der Waals surface area contributed by atoms with E-state index in [1.807, 2.05) is 18.2 Å². The number of anilines is 1. The second kappa shape index (κ2) is 3.82. The number of halogens is 1. The third-order valence-electron chi connectivity index (χ3n) is 3.64. The molecule has 0 fully saturated rings. The van der Waals surface area contributed by atoms with Crippen molar-refractivity contribution in [2.45, 2.75) is 5.92 Å². The minimum Gasteiger partial charge on any atom is -0.384 e. The smallest absolute Gasteiger partial charge is 0.151 e. The molecule has 0 spiro atoms. The number of benzene rings is 2. The summed E-state index contributed by atoms with van der Waals surface area (Å²) in [5.41, 5.74) is 3.51. The number of hydrogen-bond acceptors (Lipinski definition) is 2. The SMILES string of the molecule is Fc1cccc2[nH]c(C3CNc4ccccc43)nc12. The van der Waals surface area contributed by atoms with Crippen molar-refractivity contribution in [2.75, 3.05) is 11.9 Å². The molecule has 2 heterocycles. The van der Waals surface area contributed by atoms with Gasteiger partial charge in [0.2, 0.25) is 0 Å². The fraction of sp³-hybridized carbons (Fsp3) is 0.133. The van der Waals surface area contributed by atoms with Gasteiger partial charge in [-0.25, -0.2) is 9.37 Å². The van der Waals surface area contributed by atoms with Crippen molar-refractivity contribution in [1.82, 2.24) is 9.97 Å². The summed E-state index contributed by atoms with van der Waals surface area (Å²) in [5.74, 6) is 0.694. The molecule has 0 saturated heterocycles. The Morgan fingerprint density at radius 2 is 2.00 bits per heavy atom. The molecular formula is C15H12FN3. The summed E-state index contributed by atoms with van der Waals surface area (Å²) >= 11 is 0. The largest absolute Gasteiger partial charge is 0.384 e. The Bertz CT molecular complexity index is 763. The van der Waals surface area contributed by atoms with Crippen LogP contribution in [0.15, 0.2) is 42.5 Å². The lowest BCUT2D eigenvalue weighted by molar-refractivity contribution is 0.636. The first kappa shape index (κ1) is 10.6. The van der Waals surface area contributed by atoms with E-state index < -0.39 is 0 Å². The van der Waals surface area contributed by atoms with Gasteiger partial charge in [-0.3, -0.25) is 0 Å². The van der Waals surface area contributed by atoms with E-state index in [2.05, 4.69) is 27.4 Å². The molecule has 3 nitrogen and oxygen atoms in total. The van der Waals surface area contributed by atoms with E-state index in [9.17, 15) is 4.39 Å². The summed E-state index contributed by atoms with van der Waals surface area (Å²) in [7, 11) is 0. The minimum atomic E-state index is -0.278. The molecule has 0 saturated carbocycles. The van der Waals surface area contributed by atoms with Crippen LogP contribution in [0.4, 0.5) is 10.1 Å². The van der Waals surface area contributed by atoms with Gasteiger partial charge in [0.25, 0.3) is 0 Å². The summed E-state index contributed by atoms with van der Waals surface area (Å²) in [6, 6.07) is 13.1. The van der Waals surface area contributed by atoms with E-state index in [4.69, 9.17) is 0 Å². The molecular weight excluding hydrogens is 241 g/mol. The van der Waals surface area contributed by atoms with Crippen LogP contribution in [0.25, 0.3) is 11.0 Å². The maximum absolute atomic E-state index is 13.7. The second-order valence-corrected chi connectivity index (χ2v) is 4.78. The molecule has 19 heavy (non-hydrogen) atoms. The maximum Gasteiger partial charge on any atom is 0.151 e. The fourth-order valence-corrected chi connectivity index (χ4v) is 2.71. The highest BCUT2D eigenvalue weighted by Gasteiger charge is 2.26. The van der Waals surface area contributed by atoms with Crippen LogP contribution in [0.2, 0.25) is 0 Å². The predicted molar refractivity (Wildman–Crippen MR) is 72.8 cm³/mol. The molecule has 1 aromatic heterocycles. The first-order valence-electron chi connectivity index (χ1n) is 6.30. The van der Waals surface area contributed by atoms with Gasteiger partial charge in [0.1, 0.15) is 11.3 Å². The van der Waals surface area contributed by atoms with Gasteiger partial charge in [0, 0.05) is 12.2 Å². The molecule has 1 aliphatic heterocycles. The zero-order valence-electron chi connectivity index (χ0n) is 10.2. The van der Waals surface area contributed by atoms with E-state index in [0.717, 1.165) is 23.6 Å². The molecule has 1 unspecified atom stereocenters. The number of fused-ring (bicyclic) bond motifs is 2. The number of hydrogen-bond donors (Lipinski definition) is 2. The molecule has 94 valence electrons. The number of para-hydroxylation sites is 2. The van der Waals surface area contributed by atoms with Gasteiger partial charge in [-0.05, 0) is 23.8 Å². The Morgan fingerprint density at radius 3 is 2.89 bits per heavy atom. The molecule has 3 aromatic rings. The van der Waals surface area contributed by atoms with Crippen molar-refractivity contribution < 1.29 is 4.39 Å². The lowest BCUT2D eigenvalue weighted by Crippen LogP contribution is -2.05. The molecule has 2 N–H and O–H groups in total. The predicted octanol–water partition coefficient (Wildman–Crippen LogP) is 3.26. The van der Waals surface area contributed by atoms with Crippen molar-refractivity contribution in [3.05, 3.63) is 59.7 Å². The molecule has 0 aliphatic carbocycles. The van der Waals surface area contributed by atoms with Crippen LogP contribution < -0.4 is 5.32 Å². The van der Waals surface area contributed by atoms with Gasteiger partial charge in [0.15, 0.2) is 5.82 Å². The molecule has 4 heteroatoms. The summed E-state index contributed by atoms with van der Waals surface area (Å²) < 4.78 is 13.7. The van der Waals surface area contributed by atoms with Crippen LogP contribution in [0, 0.1) is 5.82 Å². The van der Waals surface area contributed by atoms with Gasteiger partial charge < -0.3 is 10.3 Å². The Morgan fingerprint density at radius 1 is 1.11 bits per heavy atom. The second-order valence-electron chi connectivity index (χ2n) is 4.78. The molecule has 1 atom stereocenters. The van der Waals surface area contributed by atoms with E-state index in [1.165, 1.54) is 11.6 Å². The maximum atomic E-state index is 13.7. The van der Waals surface area contributed by atoms with Crippen molar-refractivity contribution in [3.63, 3.8) is 0 Å². The lowest BCUT2D eigenvalue weighted by atomic mass is 10.0. The summed E-state index contributed by atoms with van der Waals surface area (Å²) in [6.45, 7) is 0.792. The van der Waals surface area contributed by atoms with Crippen LogP contribution in [0.3, 0.4) is 0 Å². The topological polar surface area (TPSA) is 40.7 Å². The quantitative estimate of drug-likeness (QED) is 0.699. The highest BCUT2D eigenvalue weighted by Crippen LogP contribution is 2.35. The summed E-state index contributed by atoms with van der Waals surface area (Å²) in [6.07, 6.45) is 0. The Hall–Kier alpha value is -2.36. The average Bonchev–Trinajstić information content (AvgIpc) is 3.02. The Kier molecular flexibility index (Phi) is 2.12. The number of H-pyrrole nitrogens is 1. The van der Waals surface area contributed by atoms with Crippen molar-refractivity contribution in [3.8, 4) is 0 Å². The van der Waals surface area contributed by atoms with Gasteiger partial charge in [-0.2, -0.15) is 0 Å². The molecule has 0 radical (unpaired) electrons. The summed E-state index contributed by atoms with van der Waals surface area (Å²) in [4.78, 5) is 7.65. The first-order chi connectivity index (χ1) is 9.33. The Labute approximate surface area is 109 Å². The van der Waals surface area contributed by atoms with E-state index in [1.54, 1.807) is 6.07 Å². The number of rotatable bonds is 1. The minimum absolute atomic E-state index is 0.156.